The van der Waals surface area contributed by atoms with Crippen molar-refractivity contribution in [2.24, 2.45) is 0 Å². The predicted octanol–water partition coefficient (Wildman–Crippen LogP) is 4.41. The molecule has 0 unspecified atom stereocenters. The number of benzene rings is 2. The number of ether oxygens (including phenoxy) is 2. The second-order valence-electron chi connectivity index (χ2n) is 5.97. The van der Waals surface area contributed by atoms with E-state index in [-0.39, 0.29) is 17.8 Å². The standard InChI is InChI=1S/C19H19BrFNO3/c1-24-15-6-8-18(25-2)12(9-15)11-22(14-4-5-14)19(23)16-7-3-13(21)10-17(16)20/h3,6-10,14H,4-5,11H2,1-2H3. The van der Waals surface area contributed by atoms with Gasteiger partial charge >= 0.3 is 0 Å². The normalized spacial score (nSPS) is 13.4. The topological polar surface area (TPSA) is 38.8 Å². The molecule has 0 heterocycles. The van der Waals surface area contributed by atoms with Crippen molar-refractivity contribution in [1.82, 2.24) is 4.90 Å². The van der Waals surface area contributed by atoms with Gasteiger partial charge < -0.3 is 14.4 Å². The van der Waals surface area contributed by atoms with Crippen molar-refractivity contribution in [3.05, 3.63) is 57.8 Å². The van der Waals surface area contributed by atoms with E-state index >= 15 is 0 Å². The van der Waals surface area contributed by atoms with Crippen molar-refractivity contribution in [3.8, 4) is 11.5 Å². The zero-order chi connectivity index (χ0) is 18.0. The molecule has 0 atom stereocenters. The molecular formula is C19H19BrFNO3. The summed E-state index contributed by atoms with van der Waals surface area (Å²) in [5, 5.41) is 0. The van der Waals surface area contributed by atoms with Crippen molar-refractivity contribution in [2.45, 2.75) is 25.4 Å². The molecule has 3 rings (SSSR count). The Kier molecular flexibility index (Phi) is 5.27. The smallest absolute Gasteiger partial charge is 0.255 e. The van der Waals surface area contributed by atoms with Gasteiger partial charge in [-0.1, -0.05) is 0 Å². The molecule has 0 aromatic heterocycles. The van der Waals surface area contributed by atoms with Crippen molar-refractivity contribution < 1.29 is 18.7 Å². The van der Waals surface area contributed by atoms with Crippen LogP contribution in [0.3, 0.4) is 0 Å². The fraction of sp³-hybridized carbons (Fsp3) is 0.316. The van der Waals surface area contributed by atoms with Gasteiger partial charge in [-0.25, -0.2) is 4.39 Å². The largest absolute Gasteiger partial charge is 0.497 e. The van der Waals surface area contributed by atoms with E-state index in [1.165, 1.54) is 18.2 Å². The number of halogens is 2. The van der Waals surface area contributed by atoms with Crippen LogP contribution >= 0.6 is 15.9 Å². The maximum Gasteiger partial charge on any atom is 0.255 e. The lowest BCUT2D eigenvalue weighted by Crippen LogP contribution is -2.33. The minimum absolute atomic E-state index is 0.126. The predicted molar refractivity (Wildman–Crippen MR) is 96.5 cm³/mol. The van der Waals surface area contributed by atoms with Gasteiger partial charge in [0.2, 0.25) is 0 Å². The highest BCUT2D eigenvalue weighted by Crippen LogP contribution is 2.34. The number of carbonyl (C=O) groups excluding carboxylic acids is 1. The van der Waals surface area contributed by atoms with Crippen LogP contribution < -0.4 is 9.47 Å². The molecule has 25 heavy (non-hydrogen) atoms. The Hall–Kier alpha value is -2.08. The first-order chi connectivity index (χ1) is 12.0. The van der Waals surface area contributed by atoms with Gasteiger partial charge in [0.15, 0.2) is 0 Å². The summed E-state index contributed by atoms with van der Waals surface area (Å²) in [6.45, 7) is 0.410. The molecule has 1 aliphatic carbocycles. The van der Waals surface area contributed by atoms with Gasteiger partial charge in [0.25, 0.3) is 5.91 Å². The highest BCUT2D eigenvalue weighted by molar-refractivity contribution is 9.10. The van der Waals surface area contributed by atoms with E-state index in [0.717, 1.165) is 18.4 Å². The third-order valence-electron chi connectivity index (χ3n) is 4.24. The maximum atomic E-state index is 13.3. The molecule has 0 aliphatic heterocycles. The van der Waals surface area contributed by atoms with E-state index in [1.54, 1.807) is 14.2 Å². The number of amides is 1. The number of nitrogens with zero attached hydrogens (tertiary/aromatic N) is 1. The fourth-order valence-electron chi connectivity index (χ4n) is 2.76. The Balaban J connectivity index is 1.91. The summed E-state index contributed by atoms with van der Waals surface area (Å²) in [5.74, 6) is 0.912. The van der Waals surface area contributed by atoms with Crippen LogP contribution in [0.4, 0.5) is 4.39 Å². The molecule has 1 aliphatic rings. The quantitative estimate of drug-likeness (QED) is 0.711. The first kappa shape index (κ1) is 17.7. The van der Waals surface area contributed by atoms with Crippen molar-refractivity contribution in [3.63, 3.8) is 0 Å². The van der Waals surface area contributed by atoms with Crippen LogP contribution in [-0.4, -0.2) is 31.1 Å². The first-order valence-electron chi connectivity index (χ1n) is 8.00. The molecular weight excluding hydrogens is 389 g/mol. The molecule has 132 valence electrons. The number of hydrogen-bond acceptors (Lipinski definition) is 3. The summed E-state index contributed by atoms with van der Waals surface area (Å²) in [6.07, 6.45) is 1.94. The second kappa shape index (κ2) is 7.44. The van der Waals surface area contributed by atoms with Gasteiger partial charge in [-0.15, -0.1) is 0 Å². The zero-order valence-corrected chi connectivity index (χ0v) is 15.7. The molecule has 0 bridgehead atoms. The molecule has 1 fully saturated rings. The molecule has 0 radical (unpaired) electrons. The molecule has 0 spiro atoms. The van der Waals surface area contributed by atoms with E-state index in [2.05, 4.69) is 15.9 Å². The van der Waals surface area contributed by atoms with E-state index in [4.69, 9.17) is 9.47 Å². The third-order valence-corrected chi connectivity index (χ3v) is 4.89. The first-order valence-corrected chi connectivity index (χ1v) is 8.79. The zero-order valence-electron chi connectivity index (χ0n) is 14.1. The summed E-state index contributed by atoms with van der Waals surface area (Å²) < 4.78 is 24.5. The van der Waals surface area contributed by atoms with Gasteiger partial charge in [0.1, 0.15) is 17.3 Å². The molecule has 0 saturated heterocycles. The average molecular weight is 408 g/mol. The van der Waals surface area contributed by atoms with Crippen molar-refractivity contribution in [2.75, 3.05) is 14.2 Å². The fourth-order valence-corrected chi connectivity index (χ4v) is 3.28. The van der Waals surface area contributed by atoms with Gasteiger partial charge in [0, 0.05) is 16.1 Å². The van der Waals surface area contributed by atoms with Gasteiger partial charge in [0.05, 0.1) is 26.3 Å². The average Bonchev–Trinajstić information content (AvgIpc) is 3.43. The van der Waals surface area contributed by atoms with Crippen molar-refractivity contribution in [1.29, 1.82) is 0 Å². The highest BCUT2D eigenvalue weighted by Gasteiger charge is 2.34. The minimum Gasteiger partial charge on any atom is -0.497 e. The van der Waals surface area contributed by atoms with Crippen LogP contribution in [0.1, 0.15) is 28.8 Å². The number of rotatable bonds is 6. The van der Waals surface area contributed by atoms with Gasteiger partial charge in [-0.2, -0.15) is 0 Å². The molecule has 1 saturated carbocycles. The molecule has 4 nitrogen and oxygen atoms in total. The van der Waals surface area contributed by atoms with Crippen LogP contribution in [0.2, 0.25) is 0 Å². The Labute approximate surface area is 154 Å². The molecule has 1 amide bonds. The van der Waals surface area contributed by atoms with Crippen LogP contribution in [-0.2, 0) is 6.54 Å². The summed E-state index contributed by atoms with van der Waals surface area (Å²) in [7, 11) is 3.20. The van der Waals surface area contributed by atoms with Crippen LogP contribution in [0.5, 0.6) is 11.5 Å². The monoisotopic (exact) mass is 407 g/mol. The van der Waals surface area contributed by atoms with Crippen LogP contribution in [0, 0.1) is 5.82 Å². The minimum atomic E-state index is -0.379. The highest BCUT2D eigenvalue weighted by atomic mass is 79.9. The lowest BCUT2D eigenvalue weighted by Gasteiger charge is -2.24. The lowest BCUT2D eigenvalue weighted by atomic mass is 10.1. The Morgan fingerprint density at radius 1 is 1.20 bits per heavy atom. The molecule has 2 aromatic rings. The Bertz CT molecular complexity index is 792. The number of carbonyl (C=O) groups is 1. The molecule has 0 N–H and O–H groups in total. The van der Waals surface area contributed by atoms with Crippen LogP contribution in [0.25, 0.3) is 0 Å². The van der Waals surface area contributed by atoms with Gasteiger partial charge in [-0.3, -0.25) is 4.79 Å². The SMILES string of the molecule is COc1ccc(OC)c(CN(C(=O)c2ccc(F)cc2Br)C2CC2)c1. The summed E-state index contributed by atoms with van der Waals surface area (Å²) in [5.41, 5.74) is 1.33. The summed E-state index contributed by atoms with van der Waals surface area (Å²) in [4.78, 5) is 14.8. The second-order valence-corrected chi connectivity index (χ2v) is 6.82. The van der Waals surface area contributed by atoms with Gasteiger partial charge in [-0.05, 0) is 65.2 Å². The van der Waals surface area contributed by atoms with E-state index < -0.39 is 0 Å². The number of hydrogen-bond donors (Lipinski definition) is 0. The van der Waals surface area contributed by atoms with E-state index in [0.29, 0.717) is 28.1 Å². The number of methoxy groups -OCH3 is 2. The van der Waals surface area contributed by atoms with E-state index in [9.17, 15) is 9.18 Å². The summed E-state index contributed by atoms with van der Waals surface area (Å²) in [6, 6.07) is 9.85. The molecule has 2 aromatic carbocycles. The molecule has 6 heteroatoms. The third kappa shape index (κ3) is 3.95. The Morgan fingerprint density at radius 3 is 2.56 bits per heavy atom. The van der Waals surface area contributed by atoms with Crippen molar-refractivity contribution >= 4 is 21.8 Å². The van der Waals surface area contributed by atoms with E-state index in [1.807, 2.05) is 23.1 Å². The maximum absolute atomic E-state index is 13.3. The van der Waals surface area contributed by atoms with Crippen LogP contribution in [0.15, 0.2) is 40.9 Å². The summed E-state index contributed by atoms with van der Waals surface area (Å²) >= 11 is 3.29. The lowest BCUT2D eigenvalue weighted by molar-refractivity contribution is 0.0727. The Morgan fingerprint density at radius 2 is 1.96 bits per heavy atom.